The van der Waals surface area contributed by atoms with Gasteiger partial charge >= 0.3 is 0 Å². The first-order valence-corrected chi connectivity index (χ1v) is 7.98. The maximum Gasteiger partial charge on any atom is 0.182 e. The topological polar surface area (TPSA) is 38.0 Å². The molecule has 2 nitrogen and oxygen atoms in total. The van der Waals surface area contributed by atoms with Crippen LogP contribution in [-0.4, -0.2) is 11.0 Å². The average molecular weight is 312 g/mol. The normalized spacial score (nSPS) is 22.0. The fourth-order valence-electron chi connectivity index (χ4n) is 3.07. The second kappa shape index (κ2) is 7.16. The SMILES string of the molecule is CCCC1CCC(Nc2ccc(C(N)=S)c(F)c2F)CC1. The average Bonchev–Trinajstić information content (AvgIpc) is 2.46. The molecule has 1 aromatic rings. The molecule has 0 spiro atoms. The fourth-order valence-corrected chi connectivity index (χ4v) is 3.23. The number of anilines is 1. The van der Waals surface area contributed by atoms with E-state index in [4.69, 9.17) is 18.0 Å². The van der Waals surface area contributed by atoms with Crippen molar-refractivity contribution in [2.45, 2.75) is 51.5 Å². The van der Waals surface area contributed by atoms with Gasteiger partial charge in [-0.1, -0.05) is 32.0 Å². The van der Waals surface area contributed by atoms with Crippen LogP contribution in [0.2, 0.25) is 0 Å². The highest BCUT2D eigenvalue weighted by molar-refractivity contribution is 7.80. The van der Waals surface area contributed by atoms with Crippen LogP contribution in [0.15, 0.2) is 12.1 Å². The van der Waals surface area contributed by atoms with E-state index in [1.165, 1.54) is 25.0 Å². The maximum absolute atomic E-state index is 14.0. The molecular weight excluding hydrogens is 290 g/mol. The Morgan fingerprint density at radius 3 is 2.48 bits per heavy atom. The third-order valence-corrected chi connectivity index (χ3v) is 4.47. The molecule has 1 aliphatic rings. The largest absolute Gasteiger partial charge is 0.389 e. The van der Waals surface area contributed by atoms with Crippen LogP contribution in [0, 0.1) is 17.6 Å². The molecule has 0 atom stereocenters. The summed E-state index contributed by atoms with van der Waals surface area (Å²) in [6.45, 7) is 2.20. The van der Waals surface area contributed by atoms with E-state index in [-0.39, 0.29) is 22.3 Å². The molecule has 2 rings (SSSR count). The van der Waals surface area contributed by atoms with E-state index in [1.807, 2.05) is 0 Å². The van der Waals surface area contributed by atoms with Crippen LogP contribution in [0.1, 0.15) is 51.0 Å². The van der Waals surface area contributed by atoms with E-state index in [0.29, 0.717) is 0 Å². The summed E-state index contributed by atoms with van der Waals surface area (Å²) in [5.41, 5.74) is 5.52. The van der Waals surface area contributed by atoms with Crippen molar-refractivity contribution in [1.82, 2.24) is 0 Å². The third-order valence-electron chi connectivity index (χ3n) is 4.25. The Labute approximate surface area is 130 Å². The lowest BCUT2D eigenvalue weighted by molar-refractivity contribution is 0.318. The van der Waals surface area contributed by atoms with Crippen LogP contribution in [-0.2, 0) is 0 Å². The summed E-state index contributed by atoms with van der Waals surface area (Å²) in [5.74, 6) is -1.07. The second-order valence-corrected chi connectivity index (χ2v) is 6.24. The van der Waals surface area contributed by atoms with E-state index in [1.54, 1.807) is 0 Å². The first kappa shape index (κ1) is 16.1. The Balaban J connectivity index is 2.01. The highest BCUT2D eigenvalue weighted by Crippen LogP contribution is 2.30. The summed E-state index contributed by atoms with van der Waals surface area (Å²) in [5, 5.41) is 3.12. The molecule has 0 aliphatic heterocycles. The summed E-state index contributed by atoms with van der Waals surface area (Å²) in [6.07, 6.45) is 6.79. The predicted molar refractivity (Wildman–Crippen MR) is 86.5 cm³/mol. The lowest BCUT2D eigenvalue weighted by atomic mass is 9.83. The lowest BCUT2D eigenvalue weighted by Crippen LogP contribution is -2.27. The van der Waals surface area contributed by atoms with Crippen LogP contribution >= 0.6 is 12.2 Å². The number of nitrogens with one attached hydrogen (secondary N) is 1. The van der Waals surface area contributed by atoms with Crippen LogP contribution in [0.4, 0.5) is 14.5 Å². The Kier molecular flexibility index (Phi) is 5.51. The first-order chi connectivity index (χ1) is 10.0. The van der Waals surface area contributed by atoms with Crippen molar-refractivity contribution in [3.05, 3.63) is 29.3 Å². The van der Waals surface area contributed by atoms with Gasteiger partial charge in [0.2, 0.25) is 0 Å². The molecule has 0 radical (unpaired) electrons. The Bertz CT molecular complexity index is 511. The summed E-state index contributed by atoms with van der Waals surface area (Å²) < 4.78 is 27.9. The molecule has 0 aromatic heterocycles. The molecule has 116 valence electrons. The van der Waals surface area contributed by atoms with E-state index in [9.17, 15) is 8.78 Å². The summed E-state index contributed by atoms with van der Waals surface area (Å²) >= 11 is 4.70. The standard InChI is InChI=1S/C16H22F2N2S/c1-2-3-10-4-6-11(7-5-10)20-13-9-8-12(16(19)21)14(17)15(13)18/h8-11,20H,2-7H2,1H3,(H2,19,21). The fraction of sp³-hybridized carbons (Fsp3) is 0.562. The number of rotatable bonds is 5. The molecule has 0 saturated heterocycles. The van der Waals surface area contributed by atoms with Crippen molar-refractivity contribution >= 4 is 22.9 Å². The number of hydrogen-bond acceptors (Lipinski definition) is 2. The minimum Gasteiger partial charge on any atom is -0.389 e. The summed E-state index contributed by atoms with van der Waals surface area (Å²) in [7, 11) is 0. The van der Waals surface area contributed by atoms with Gasteiger partial charge in [-0.05, 0) is 43.7 Å². The molecule has 3 N–H and O–H groups in total. The number of nitrogens with two attached hydrogens (primary N) is 1. The molecule has 5 heteroatoms. The minimum absolute atomic E-state index is 0.0419. The monoisotopic (exact) mass is 312 g/mol. The van der Waals surface area contributed by atoms with Gasteiger partial charge in [0.1, 0.15) is 4.99 Å². The van der Waals surface area contributed by atoms with Crippen LogP contribution < -0.4 is 11.1 Å². The molecule has 1 aromatic carbocycles. The molecule has 1 fully saturated rings. The van der Waals surface area contributed by atoms with E-state index < -0.39 is 11.6 Å². The van der Waals surface area contributed by atoms with Crippen molar-refractivity contribution in [3.63, 3.8) is 0 Å². The molecule has 1 aliphatic carbocycles. The third kappa shape index (κ3) is 3.90. The minimum atomic E-state index is -0.966. The van der Waals surface area contributed by atoms with E-state index >= 15 is 0 Å². The van der Waals surface area contributed by atoms with Crippen molar-refractivity contribution < 1.29 is 8.78 Å². The van der Waals surface area contributed by atoms with E-state index in [2.05, 4.69) is 12.2 Å². The second-order valence-electron chi connectivity index (χ2n) is 5.80. The van der Waals surface area contributed by atoms with Gasteiger partial charge in [-0.25, -0.2) is 8.78 Å². The smallest absolute Gasteiger partial charge is 0.182 e. The van der Waals surface area contributed by atoms with Gasteiger partial charge in [0.15, 0.2) is 11.6 Å². The lowest BCUT2D eigenvalue weighted by Gasteiger charge is -2.29. The van der Waals surface area contributed by atoms with E-state index in [0.717, 1.165) is 31.6 Å². The van der Waals surface area contributed by atoms with Gasteiger partial charge in [-0.15, -0.1) is 0 Å². The van der Waals surface area contributed by atoms with Crippen LogP contribution in [0.3, 0.4) is 0 Å². The Hall–Kier alpha value is -1.23. The predicted octanol–water partition coefficient (Wildman–Crippen LogP) is 4.37. The molecular formula is C16H22F2N2S. The number of halogens is 2. The van der Waals surface area contributed by atoms with Gasteiger partial charge in [0.05, 0.1) is 5.69 Å². The Morgan fingerprint density at radius 2 is 1.90 bits per heavy atom. The summed E-state index contributed by atoms with van der Waals surface area (Å²) in [6, 6.07) is 3.17. The van der Waals surface area contributed by atoms with Crippen molar-refractivity contribution in [2.75, 3.05) is 5.32 Å². The van der Waals surface area contributed by atoms with Gasteiger partial charge in [0.25, 0.3) is 0 Å². The zero-order valence-electron chi connectivity index (χ0n) is 12.3. The van der Waals surface area contributed by atoms with Gasteiger partial charge in [0, 0.05) is 11.6 Å². The van der Waals surface area contributed by atoms with Crippen LogP contribution in [0.5, 0.6) is 0 Å². The zero-order chi connectivity index (χ0) is 15.4. The molecule has 21 heavy (non-hydrogen) atoms. The molecule has 0 bridgehead atoms. The molecule has 1 saturated carbocycles. The van der Waals surface area contributed by atoms with Crippen molar-refractivity contribution in [1.29, 1.82) is 0 Å². The molecule has 0 amide bonds. The van der Waals surface area contributed by atoms with Gasteiger partial charge in [-0.3, -0.25) is 0 Å². The van der Waals surface area contributed by atoms with Gasteiger partial charge < -0.3 is 11.1 Å². The first-order valence-electron chi connectivity index (χ1n) is 7.57. The maximum atomic E-state index is 14.0. The summed E-state index contributed by atoms with van der Waals surface area (Å²) in [4.78, 5) is -0.127. The zero-order valence-corrected chi connectivity index (χ0v) is 13.1. The molecule has 0 heterocycles. The quantitative estimate of drug-likeness (QED) is 0.793. The number of thiocarbonyl (C=S) groups is 1. The Morgan fingerprint density at radius 1 is 1.24 bits per heavy atom. The number of hydrogen-bond donors (Lipinski definition) is 2. The van der Waals surface area contributed by atoms with Crippen LogP contribution in [0.25, 0.3) is 0 Å². The van der Waals surface area contributed by atoms with Gasteiger partial charge in [-0.2, -0.15) is 0 Å². The molecule has 0 unspecified atom stereocenters. The highest BCUT2D eigenvalue weighted by atomic mass is 32.1. The highest BCUT2D eigenvalue weighted by Gasteiger charge is 2.22. The van der Waals surface area contributed by atoms with Crippen molar-refractivity contribution in [2.24, 2.45) is 11.7 Å². The van der Waals surface area contributed by atoms with Crippen molar-refractivity contribution in [3.8, 4) is 0 Å². The number of benzene rings is 1.